The number of carbonyl (C=O) groups is 1. The van der Waals surface area contributed by atoms with Crippen LogP contribution in [-0.4, -0.2) is 15.5 Å². The molecule has 1 amide bonds. The summed E-state index contributed by atoms with van der Waals surface area (Å²) >= 11 is 2.62. The fraction of sp³-hybridized carbons (Fsp3) is 0.417. The van der Waals surface area contributed by atoms with Crippen LogP contribution in [-0.2, 0) is 11.3 Å². The first-order chi connectivity index (χ1) is 8.97. The highest BCUT2D eigenvalue weighted by Crippen LogP contribution is 2.21. The van der Waals surface area contributed by atoms with Crippen LogP contribution in [0.25, 0.3) is 0 Å². The van der Waals surface area contributed by atoms with E-state index in [2.05, 4.69) is 10.3 Å². The molecule has 2 aromatic rings. The van der Waals surface area contributed by atoms with Gasteiger partial charge < -0.3 is 9.88 Å². The number of anilines is 1. The number of nitrogens with one attached hydrogen (secondary N) is 1. The summed E-state index contributed by atoms with van der Waals surface area (Å²) in [6, 6.07) is 0. The zero-order valence-electron chi connectivity index (χ0n) is 11.0. The van der Waals surface area contributed by atoms with E-state index in [1.54, 1.807) is 9.95 Å². The Bertz CT molecular complexity index is 635. The highest BCUT2D eigenvalue weighted by atomic mass is 32.1. The first kappa shape index (κ1) is 14.0. The minimum atomic E-state index is -0.119. The van der Waals surface area contributed by atoms with Crippen LogP contribution in [0.2, 0.25) is 0 Å². The Kier molecular flexibility index (Phi) is 4.16. The second kappa shape index (κ2) is 5.66. The van der Waals surface area contributed by atoms with E-state index in [1.807, 2.05) is 20.8 Å². The number of rotatable bonds is 4. The number of hydrogen-bond donors (Lipinski definition) is 1. The van der Waals surface area contributed by atoms with Crippen molar-refractivity contribution in [1.29, 1.82) is 0 Å². The van der Waals surface area contributed by atoms with Gasteiger partial charge in [-0.2, -0.15) is 0 Å². The Labute approximate surface area is 118 Å². The second-order valence-corrected chi connectivity index (χ2v) is 6.28. The fourth-order valence-corrected chi connectivity index (χ4v) is 3.19. The zero-order chi connectivity index (χ0) is 14.0. The van der Waals surface area contributed by atoms with Crippen molar-refractivity contribution in [3.8, 4) is 0 Å². The van der Waals surface area contributed by atoms with Gasteiger partial charge in [0, 0.05) is 28.9 Å². The fourth-order valence-electron chi connectivity index (χ4n) is 1.60. The first-order valence-electron chi connectivity index (χ1n) is 5.86. The van der Waals surface area contributed by atoms with Crippen molar-refractivity contribution in [2.45, 2.75) is 33.7 Å². The van der Waals surface area contributed by atoms with Crippen LogP contribution < -0.4 is 10.2 Å². The maximum Gasteiger partial charge on any atom is 0.307 e. The number of carbonyl (C=O) groups excluding carboxylic acids is 1. The van der Waals surface area contributed by atoms with Crippen molar-refractivity contribution in [1.82, 2.24) is 9.55 Å². The molecule has 0 aromatic carbocycles. The molecule has 5 nitrogen and oxygen atoms in total. The molecule has 2 heterocycles. The number of nitrogens with zero attached hydrogens (tertiary/aromatic N) is 2. The van der Waals surface area contributed by atoms with Crippen molar-refractivity contribution in [3.05, 3.63) is 31.3 Å². The van der Waals surface area contributed by atoms with Crippen molar-refractivity contribution < 1.29 is 4.79 Å². The summed E-state index contributed by atoms with van der Waals surface area (Å²) in [4.78, 5) is 28.6. The van der Waals surface area contributed by atoms with Gasteiger partial charge in [-0.05, 0) is 20.8 Å². The van der Waals surface area contributed by atoms with Crippen LogP contribution in [0.3, 0.4) is 0 Å². The molecule has 0 spiro atoms. The molecule has 0 saturated carbocycles. The van der Waals surface area contributed by atoms with Gasteiger partial charge in [-0.25, -0.2) is 4.98 Å². The SMILES string of the molecule is Cc1nc(NC(=O)CCn2c(C)csc2=O)sc1C. The molecule has 0 fully saturated rings. The molecule has 0 aliphatic heterocycles. The highest BCUT2D eigenvalue weighted by Gasteiger charge is 2.09. The summed E-state index contributed by atoms with van der Waals surface area (Å²) in [6.45, 7) is 6.15. The molecule has 0 atom stereocenters. The average Bonchev–Trinajstić information content (AvgIpc) is 2.81. The standard InChI is InChI=1S/C12H15N3O2S2/c1-7-6-18-12(17)15(7)5-4-10(16)14-11-13-8(2)9(3)19-11/h6H,4-5H2,1-3H3,(H,13,14,16). The summed E-state index contributed by atoms with van der Waals surface area (Å²) in [5, 5.41) is 5.18. The molecular weight excluding hydrogens is 282 g/mol. The van der Waals surface area contributed by atoms with E-state index < -0.39 is 0 Å². The first-order valence-corrected chi connectivity index (χ1v) is 7.56. The molecule has 0 radical (unpaired) electrons. The summed E-state index contributed by atoms with van der Waals surface area (Å²) in [5.41, 5.74) is 1.83. The molecule has 102 valence electrons. The van der Waals surface area contributed by atoms with Crippen molar-refractivity contribution in [3.63, 3.8) is 0 Å². The van der Waals surface area contributed by atoms with Crippen LogP contribution in [0.15, 0.2) is 10.2 Å². The predicted molar refractivity (Wildman–Crippen MR) is 78.2 cm³/mol. The lowest BCUT2D eigenvalue weighted by Gasteiger charge is -2.04. The second-order valence-electron chi connectivity index (χ2n) is 4.25. The van der Waals surface area contributed by atoms with Gasteiger partial charge in [0.25, 0.3) is 0 Å². The van der Waals surface area contributed by atoms with Crippen molar-refractivity contribution in [2.24, 2.45) is 0 Å². The summed E-state index contributed by atoms with van der Waals surface area (Å²) in [6.07, 6.45) is 0.273. The number of amides is 1. The maximum absolute atomic E-state index is 11.8. The molecule has 2 rings (SSSR count). The number of aromatic nitrogens is 2. The lowest BCUT2D eigenvalue weighted by atomic mass is 10.4. The largest absolute Gasteiger partial charge is 0.307 e. The molecule has 0 bridgehead atoms. The Balaban J connectivity index is 1.94. The van der Waals surface area contributed by atoms with Gasteiger partial charge in [0.15, 0.2) is 5.13 Å². The van der Waals surface area contributed by atoms with E-state index in [9.17, 15) is 9.59 Å². The van der Waals surface area contributed by atoms with Crippen LogP contribution in [0.1, 0.15) is 22.7 Å². The Hall–Kier alpha value is -1.47. The number of hydrogen-bond acceptors (Lipinski definition) is 5. The van der Waals surface area contributed by atoms with E-state index in [-0.39, 0.29) is 17.2 Å². The van der Waals surface area contributed by atoms with Gasteiger partial charge in [0.2, 0.25) is 5.91 Å². The van der Waals surface area contributed by atoms with E-state index in [0.29, 0.717) is 11.7 Å². The molecule has 1 N–H and O–H groups in total. The Morgan fingerprint density at radius 1 is 1.42 bits per heavy atom. The van der Waals surface area contributed by atoms with Gasteiger partial charge in [-0.1, -0.05) is 11.3 Å². The molecule has 19 heavy (non-hydrogen) atoms. The van der Waals surface area contributed by atoms with Gasteiger partial charge in [0.1, 0.15) is 0 Å². The molecule has 0 aliphatic carbocycles. The lowest BCUT2D eigenvalue weighted by molar-refractivity contribution is -0.116. The minimum absolute atomic E-state index is 0.0220. The number of aryl methyl sites for hydroxylation is 3. The van der Waals surface area contributed by atoms with Gasteiger partial charge >= 0.3 is 4.87 Å². The van der Waals surface area contributed by atoms with Crippen LogP contribution >= 0.6 is 22.7 Å². The number of thiazole rings is 2. The molecule has 2 aromatic heterocycles. The van der Waals surface area contributed by atoms with E-state index >= 15 is 0 Å². The quantitative estimate of drug-likeness (QED) is 0.942. The highest BCUT2D eigenvalue weighted by molar-refractivity contribution is 7.15. The smallest absolute Gasteiger partial charge is 0.303 e. The maximum atomic E-state index is 11.8. The molecule has 0 aliphatic rings. The summed E-state index contributed by atoms with van der Waals surface area (Å²) < 4.78 is 1.61. The Morgan fingerprint density at radius 2 is 2.16 bits per heavy atom. The van der Waals surface area contributed by atoms with Crippen LogP contribution in [0.5, 0.6) is 0 Å². The monoisotopic (exact) mass is 297 g/mol. The summed E-state index contributed by atoms with van der Waals surface area (Å²) in [7, 11) is 0. The molecule has 7 heteroatoms. The predicted octanol–water partition coefficient (Wildman–Crippen LogP) is 2.32. The third-order valence-corrected chi connectivity index (χ3v) is 4.68. The average molecular weight is 297 g/mol. The molecule has 0 unspecified atom stereocenters. The normalized spacial score (nSPS) is 10.7. The van der Waals surface area contributed by atoms with Gasteiger partial charge in [0.05, 0.1) is 5.69 Å². The van der Waals surface area contributed by atoms with Gasteiger partial charge in [-0.3, -0.25) is 9.59 Å². The topological polar surface area (TPSA) is 64.0 Å². The van der Waals surface area contributed by atoms with E-state index in [4.69, 9.17) is 0 Å². The van der Waals surface area contributed by atoms with Gasteiger partial charge in [-0.15, -0.1) is 11.3 Å². The minimum Gasteiger partial charge on any atom is -0.303 e. The molecule has 0 saturated heterocycles. The van der Waals surface area contributed by atoms with Crippen molar-refractivity contribution >= 4 is 33.7 Å². The molecular formula is C12H15N3O2S2. The van der Waals surface area contributed by atoms with Crippen molar-refractivity contribution in [2.75, 3.05) is 5.32 Å². The zero-order valence-corrected chi connectivity index (χ0v) is 12.7. The van der Waals surface area contributed by atoms with E-state index in [1.165, 1.54) is 11.3 Å². The third-order valence-electron chi connectivity index (χ3n) is 2.81. The third kappa shape index (κ3) is 3.30. The lowest BCUT2D eigenvalue weighted by Crippen LogP contribution is -2.20. The van der Waals surface area contributed by atoms with Crippen LogP contribution in [0.4, 0.5) is 5.13 Å². The Morgan fingerprint density at radius 3 is 2.68 bits per heavy atom. The summed E-state index contributed by atoms with van der Waals surface area (Å²) in [5.74, 6) is -0.119. The van der Waals surface area contributed by atoms with Crippen LogP contribution in [0, 0.1) is 20.8 Å². The van der Waals surface area contributed by atoms with E-state index in [0.717, 1.165) is 27.6 Å².